The number of aryl methyl sites for hydroxylation is 1. The Hall–Kier alpha value is -1.06. The summed E-state index contributed by atoms with van der Waals surface area (Å²) in [6.07, 6.45) is 3.98. The van der Waals surface area contributed by atoms with E-state index in [4.69, 9.17) is 16.7 Å². The number of benzene rings is 1. The van der Waals surface area contributed by atoms with Crippen molar-refractivity contribution in [3.63, 3.8) is 0 Å². The monoisotopic (exact) mass is 295 g/mol. The van der Waals surface area contributed by atoms with Gasteiger partial charge >= 0.3 is 5.97 Å². The normalized spacial score (nSPS) is 17.3. The maximum absolute atomic E-state index is 10.5. The first-order valence-corrected chi connectivity index (χ1v) is 7.62. The quantitative estimate of drug-likeness (QED) is 0.903. The second kappa shape index (κ2) is 7.09. The lowest BCUT2D eigenvalue weighted by Gasteiger charge is -2.29. The fraction of sp³-hybridized carbons (Fsp3) is 0.562. The van der Waals surface area contributed by atoms with Crippen molar-refractivity contribution in [1.82, 2.24) is 4.90 Å². The van der Waals surface area contributed by atoms with Crippen LogP contribution in [0.25, 0.3) is 0 Å². The molecule has 0 aromatic heterocycles. The highest BCUT2D eigenvalue weighted by Gasteiger charge is 2.20. The average molecular weight is 296 g/mol. The van der Waals surface area contributed by atoms with Crippen LogP contribution < -0.4 is 0 Å². The molecule has 0 radical (unpaired) electrons. The standard InChI is InChI=1S/C16H22ClNO2/c1-18-9-7-13(8-10-18)14-6-5-12(11-15(14)17)3-2-4-16(19)20/h5-6,11,13H,2-4,7-10H2,1H3,(H,19,20). The summed E-state index contributed by atoms with van der Waals surface area (Å²) in [6.45, 7) is 2.25. The molecule has 1 aromatic carbocycles. The molecule has 2 rings (SSSR count). The largest absolute Gasteiger partial charge is 0.481 e. The van der Waals surface area contributed by atoms with Crippen molar-refractivity contribution in [3.8, 4) is 0 Å². The first-order chi connectivity index (χ1) is 9.56. The SMILES string of the molecule is CN1CCC(c2ccc(CCCC(=O)O)cc2Cl)CC1. The van der Waals surface area contributed by atoms with Crippen molar-refractivity contribution < 1.29 is 9.90 Å². The number of hydrogen-bond donors (Lipinski definition) is 1. The first-order valence-electron chi connectivity index (χ1n) is 7.25. The number of piperidine rings is 1. The Bertz CT molecular complexity index is 468. The van der Waals surface area contributed by atoms with Gasteiger partial charge in [0.15, 0.2) is 0 Å². The van der Waals surface area contributed by atoms with Gasteiger partial charge in [-0.15, -0.1) is 0 Å². The number of carboxylic acid groups (broad SMARTS) is 1. The molecule has 0 atom stereocenters. The van der Waals surface area contributed by atoms with Crippen LogP contribution in [0.4, 0.5) is 0 Å². The number of halogens is 1. The van der Waals surface area contributed by atoms with Crippen LogP contribution in [-0.4, -0.2) is 36.1 Å². The molecule has 110 valence electrons. The minimum Gasteiger partial charge on any atom is -0.481 e. The van der Waals surface area contributed by atoms with E-state index < -0.39 is 5.97 Å². The van der Waals surface area contributed by atoms with Crippen molar-refractivity contribution >= 4 is 17.6 Å². The molecule has 1 aliphatic rings. The fourth-order valence-corrected chi connectivity index (χ4v) is 3.18. The highest BCUT2D eigenvalue weighted by Crippen LogP contribution is 2.33. The summed E-state index contributed by atoms with van der Waals surface area (Å²) in [5.41, 5.74) is 2.38. The number of aliphatic carboxylic acids is 1. The van der Waals surface area contributed by atoms with E-state index in [2.05, 4.69) is 24.1 Å². The number of likely N-dealkylation sites (tertiary alicyclic amines) is 1. The zero-order chi connectivity index (χ0) is 14.5. The molecule has 1 N–H and O–H groups in total. The molecular formula is C16H22ClNO2. The van der Waals surface area contributed by atoms with E-state index in [9.17, 15) is 4.79 Å². The lowest BCUT2D eigenvalue weighted by atomic mass is 9.89. The van der Waals surface area contributed by atoms with Gasteiger partial charge in [-0.3, -0.25) is 4.79 Å². The molecule has 0 spiro atoms. The van der Waals surface area contributed by atoms with Crippen LogP contribution >= 0.6 is 11.6 Å². The highest BCUT2D eigenvalue weighted by atomic mass is 35.5. The molecule has 20 heavy (non-hydrogen) atoms. The van der Waals surface area contributed by atoms with Gasteiger partial charge in [0.1, 0.15) is 0 Å². The van der Waals surface area contributed by atoms with E-state index in [0.29, 0.717) is 12.3 Å². The van der Waals surface area contributed by atoms with Gasteiger partial charge in [-0.1, -0.05) is 23.7 Å². The van der Waals surface area contributed by atoms with E-state index in [1.165, 1.54) is 5.56 Å². The van der Waals surface area contributed by atoms with Gasteiger partial charge in [-0.05, 0) is 68.9 Å². The van der Waals surface area contributed by atoms with Crippen LogP contribution in [0.3, 0.4) is 0 Å². The lowest BCUT2D eigenvalue weighted by molar-refractivity contribution is -0.137. The Morgan fingerprint density at radius 1 is 1.40 bits per heavy atom. The van der Waals surface area contributed by atoms with Crippen LogP contribution in [0.1, 0.15) is 42.7 Å². The Morgan fingerprint density at radius 2 is 2.10 bits per heavy atom. The summed E-state index contributed by atoms with van der Waals surface area (Å²) in [6, 6.07) is 6.24. The smallest absolute Gasteiger partial charge is 0.303 e. The third kappa shape index (κ3) is 4.22. The highest BCUT2D eigenvalue weighted by molar-refractivity contribution is 6.31. The van der Waals surface area contributed by atoms with Crippen LogP contribution in [0.5, 0.6) is 0 Å². The topological polar surface area (TPSA) is 40.5 Å². The van der Waals surface area contributed by atoms with E-state index in [-0.39, 0.29) is 6.42 Å². The maximum Gasteiger partial charge on any atom is 0.303 e. The van der Waals surface area contributed by atoms with Crippen LogP contribution in [0.15, 0.2) is 18.2 Å². The summed E-state index contributed by atoms with van der Waals surface area (Å²) in [5, 5.41) is 9.49. The second-order valence-corrected chi connectivity index (χ2v) is 6.09. The second-order valence-electron chi connectivity index (χ2n) is 5.68. The first kappa shape index (κ1) is 15.3. The number of rotatable bonds is 5. The zero-order valence-corrected chi connectivity index (χ0v) is 12.7. The Morgan fingerprint density at radius 3 is 2.70 bits per heavy atom. The summed E-state index contributed by atoms with van der Waals surface area (Å²) in [5.74, 6) is -0.175. The van der Waals surface area contributed by atoms with Crippen molar-refractivity contribution in [3.05, 3.63) is 34.3 Å². The van der Waals surface area contributed by atoms with Crippen LogP contribution in [0, 0.1) is 0 Å². The van der Waals surface area contributed by atoms with Crippen molar-refractivity contribution in [1.29, 1.82) is 0 Å². The number of carbonyl (C=O) groups is 1. The van der Waals surface area contributed by atoms with Crippen LogP contribution in [-0.2, 0) is 11.2 Å². The Balaban J connectivity index is 1.97. The molecule has 4 heteroatoms. The molecule has 3 nitrogen and oxygen atoms in total. The van der Waals surface area contributed by atoms with E-state index >= 15 is 0 Å². The third-order valence-corrected chi connectivity index (χ3v) is 4.41. The number of nitrogens with zero attached hydrogens (tertiary/aromatic N) is 1. The molecule has 0 amide bonds. The predicted octanol–water partition coefficient (Wildman–Crippen LogP) is 3.56. The van der Waals surface area contributed by atoms with E-state index in [1.807, 2.05) is 6.07 Å². The minimum absolute atomic E-state index is 0.217. The van der Waals surface area contributed by atoms with Crippen LogP contribution in [0.2, 0.25) is 5.02 Å². The Kier molecular flexibility index (Phi) is 5.44. The fourth-order valence-electron chi connectivity index (χ4n) is 2.82. The van der Waals surface area contributed by atoms with E-state index in [1.54, 1.807) is 0 Å². The summed E-state index contributed by atoms with van der Waals surface area (Å²) >= 11 is 6.41. The maximum atomic E-state index is 10.5. The molecule has 0 aliphatic carbocycles. The van der Waals surface area contributed by atoms with Crippen molar-refractivity contribution in [2.75, 3.05) is 20.1 Å². The molecule has 0 unspecified atom stereocenters. The van der Waals surface area contributed by atoms with Gasteiger partial charge in [0.05, 0.1) is 0 Å². The van der Waals surface area contributed by atoms with Gasteiger partial charge < -0.3 is 10.0 Å². The summed E-state index contributed by atoms with van der Waals surface area (Å²) in [7, 11) is 2.16. The molecule has 0 bridgehead atoms. The van der Waals surface area contributed by atoms with Crippen molar-refractivity contribution in [2.45, 2.75) is 38.0 Å². The Labute approximate surface area is 125 Å². The number of hydrogen-bond acceptors (Lipinski definition) is 2. The third-order valence-electron chi connectivity index (χ3n) is 4.08. The van der Waals surface area contributed by atoms with Gasteiger partial charge in [0, 0.05) is 11.4 Å². The van der Waals surface area contributed by atoms with Crippen molar-refractivity contribution in [2.24, 2.45) is 0 Å². The van der Waals surface area contributed by atoms with Gasteiger partial charge in [0.2, 0.25) is 0 Å². The van der Waals surface area contributed by atoms with Gasteiger partial charge in [-0.25, -0.2) is 0 Å². The zero-order valence-electron chi connectivity index (χ0n) is 11.9. The van der Waals surface area contributed by atoms with Gasteiger partial charge in [0.25, 0.3) is 0 Å². The molecule has 0 saturated carbocycles. The molecule has 1 saturated heterocycles. The summed E-state index contributed by atoms with van der Waals surface area (Å²) < 4.78 is 0. The molecule has 1 aromatic rings. The minimum atomic E-state index is -0.737. The molecule has 1 fully saturated rings. The molecule has 1 aliphatic heterocycles. The lowest BCUT2D eigenvalue weighted by Crippen LogP contribution is -2.29. The average Bonchev–Trinajstić information content (AvgIpc) is 2.40. The van der Waals surface area contributed by atoms with E-state index in [0.717, 1.165) is 42.9 Å². The van der Waals surface area contributed by atoms with Gasteiger partial charge in [-0.2, -0.15) is 0 Å². The molecular weight excluding hydrogens is 274 g/mol. The predicted molar refractivity (Wildman–Crippen MR) is 81.5 cm³/mol. The summed E-state index contributed by atoms with van der Waals surface area (Å²) in [4.78, 5) is 12.9. The molecule has 1 heterocycles. The number of carboxylic acids is 1.